The van der Waals surface area contributed by atoms with E-state index in [-0.39, 0.29) is 0 Å². The van der Waals surface area contributed by atoms with Crippen molar-refractivity contribution in [2.45, 2.75) is 39.0 Å². The van der Waals surface area contributed by atoms with E-state index in [0.29, 0.717) is 5.92 Å². The van der Waals surface area contributed by atoms with Crippen LogP contribution in [-0.4, -0.2) is 0 Å². The average molecular weight is 188 g/mol. The normalized spacial score (nSPS) is 12.4. The minimum atomic E-state index is 0.656. The molecule has 0 N–H and O–H groups in total. The van der Waals surface area contributed by atoms with Crippen LogP contribution in [0.25, 0.3) is 0 Å². The molecule has 0 aromatic heterocycles. The van der Waals surface area contributed by atoms with Gasteiger partial charge in [0.25, 0.3) is 0 Å². The van der Waals surface area contributed by atoms with Crippen molar-refractivity contribution in [3.63, 3.8) is 0 Å². The number of hydrogen-bond acceptors (Lipinski definition) is 0. The summed E-state index contributed by atoms with van der Waals surface area (Å²) in [7, 11) is 0. The molecule has 0 aliphatic heterocycles. The van der Waals surface area contributed by atoms with E-state index in [2.05, 4.69) is 44.7 Å². The van der Waals surface area contributed by atoms with Crippen LogP contribution < -0.4 is 0 Å². The summed E-state index contributed by atoms with van der Waals surface area (Å²) in [6.45, 7) is 8.30. The number of hydrogen-bond donors (Lipinski definition) is 0. The van der Waals surface area contributed by atoms with Gasteiger partial charge in [0.1, 0.15) is 0 Å². The number of benzene rings is 1. The zero-order valence-electron chi connectivity index (χ0n) is 9.29. The molecule has 1 aromatic rings. The molecule has 0 spiro atoms. The fourth-order valence-electron chi connectivity index (χ4n) is 1.97. The highest BCUT2D eigenvalue weighted by atomic mass is 14.1. The fourth-order valence-corrected chi connectivity index (χ4v) is 1.97. The van der Waals surface area contributed by atoms with Crippen molar-refractivity contribution in [2.24, 2.45) is 0 Å². The minimum Gasteiger partial charge on any atom is -0.103 e. The number of rotatable bonds is 5. The van der Waals surface area contributed by atoms with Crippen LogP contribution in [-0.2, 0) is 6.42 Å². The lowest BCUT2D eigenvalue weighted by Crippen LogP contribution is -2.00. The van der Waals surface area contributed by atoms with Gasteiger partial charge in [-0.25, -0.2) is 0 Å². The summed E-state index contributed by atoms with van der Waals surface area (Å²) in [5.41, 5.74) is 3.00. The molecular formula is C14H20. The van der Waals surface area contributed by atoms with E-state index in [9.17, 15) is 0 Å². The Morgan fingerprint density at radius 3 is 2.57 bits per heavy atom. The van der Waals surface area contributed by atoms with E-state index in [1.54, 1.807) is 0 Å². The molecule has 0 nitrogen and oxygen atoms in total. The van der Waals surface area contributed by atoms with Crippen molar-refractivity contribution < 1.29 is 0 Å². The average Bonchev–Trinajstić information content (AvgIpc) is 2.26. The summed E-state index contributed by atoms with van der Waals surface area (Å²) < 4.78 is 0. The van der Waals surface area contributed by atoms with Crippen LogP contribution in [0, 0.1) is 0 Å². The van der Waals surface area contributed by atoms with Crippen LogP contribution in [0.5, 0.6) is 0 Å². The molecular weight excluding hydrogens is 168 g/mol. The Morgan fingerprint density at radius 1 is 1.29 bits per heavy atom. The first kappa shape index (κ1) is 11.0. The highest BCUT2D eigenvalue weighted by Crippen LogP contribution is 2.26. The lowest BCUT2D eigenvalue weighted by molar-refractivity contribution is 0.667. The molecule has 0 aliphatic rings. The topological polar surface area (TPSA) is 0 Å². The lowest BCUT2D eigenvalue weighted by atomic mass is 9.89. The van der Waals surface area contributed by atoms with Crippen LogP contribution >= 0.6 is 0 Å². The molecule has 1 rings (SSSR count). The Hall–Kier alpha value is -1.04. The second-order valence-electron chi connectivity index (χ2n) is 3.68. The van der Waals surface area contributed by atoms with Crippen molar-refractivity contribution in [3.8, 4) is 0 Å². The summed E-state index contributed by atoms with van der Waals surface area (Å²) in [6.07, 6.45) is 5.45. The largest absolute Gasteiger partial charge is 0.103 e. The van der Waals surface area contributed by atoms with Gasteiger partial charge in [0, 0.05) is 0 Å². The molecule has 1 atom stereocenters. The van der Waals surface area contributed by atoms with E-state index in [1.165, 1.54) is 17.5 Å². The van der Waals surface area contributed by atoms with Crippen LogP contribution in [0.3, 0.4) is 0 Å². The zero-order valence-corrected chi connectivity index (χ0v) is 9.29. The Morgan fingerprint density at radius 2 is 2.00 bits per heavy atom. The second-order valence-corrected chi connectivity index (χ2v) is 3.68. The van der Waals surface area contributed by atoms with E-state index < -0.39 is 0 Å². The molecule has 0 saturated carbocycles. The van der Waals surface area contributed by atoms with Crippen molar-refractivity contribution in [1.29, 1.82) is 0 Å². The molecule has 0 amide bonds. The second kappa shape index (κ2) is 5.64. The number of allylic oxidation sites excluding steroid dienone is 1. The molecule has 0 fully saturated rings. The third kappa shape index (κ3) is 2.47. The summed E-state index contributed by atoms with van der Waals surface area (Å²) in [4.78, 5) is 0. The van der Waals surface area contributed by atoms with Gasteiger partial charge in [0.05, 0.1) is 0 Å². The van der Waals surface area contributed by atoms with Gasteiger partial charge in [-0.3, -0.25) is 0 Å². The molecule has 76 valence electrons. The highest BCUT2D eigenvalue weighted by molar-refractivity contribution is 5.30. The maximum absolute atomic E-state index is 3.83. The standard InChI is InChI=1S/C14H20/c1-4-9-12(5-2)14-11-8-7-10-13(14)6-3/h4,7-8,10-12H,1,5-6,9H2,2-3H3. The van der Waals surface area contributed by atoms with Crippen LogP contribution in [0.2, 0.25) is 0 Å². The molecule has 0 saturated heterocycles. The van der Waals surface area contributed by atoms with E-state index in [1.807, 2.05) is 6.08 Å². The minimum absolute atomic E-state index is 0.656. The molecule has 0 heteroatoms. The molecule has 0 heterocycles. The third-order valence-corrected chi connectivity index (χ3v) is 2.82. The van der Waals surface area contributed by atoms with Gasteiger partial charge in [0.2, 0.25) is 0 Å². The smallest absolute Gasteiger partial charge is 0.0127 e. The predicted molar refractivity (Wildman–Crippen MR) is 63.7 cm³/mol. The molecule has 1 aromatic carbocycles. The maximum Gasteiger partial charge on any atom is -0.0127 e. The first-order chi connectivity index (χ1) is 6.83. The van der Waals surface area contributed by atoms with Gasteiger partial charge < -0.3 is 0 Å². The molecule has 0 aliphatic carbocycles. The molecule has 0 radical (unpaired) electrons. The molecule has 0 bridgehead atoms. The highest BCUT2D eigenvalue weighted by Gasteiger charge is 2.10. The zero-order chi connectivity index (χ0) is 10.4. The number of aryl methyl sites for hydroxylation is 1. The SMILES string of the molecule is C=CCC(CC)c1ccccc1CC. The van der Waals surface area contributed by atoms with E-state index in [0.717, 1.165) is 12.8 Å². The Bertz CT molecular complexity index is 286. The maximum atomic E-state index is 3.83. The van der Waals surface area contributed by atoms with Gasteiger partial charge >= 0.3 is 0 Å². The summed E-state index contributed by atoms with van der Waals surface area (Å²) >= 11 is 0. The predicted octanol–water partition coefficient (Wildman–Crippen LogP) is 4.32. The Kier molecular flexibility index (Phi) is 4.45. The Labute approximate surface area is 87.7 Å². The Balaban J connectivity index is 2.95. The van der Waals surface area contributed by atoms with Gasteiger partial charge in [-0.1, -0.05) is 44.2 Å². The van der Waals surface area contributed by atoms with Gasteiger partial charge in [-0.2, -0.15) is 0 Å². The van der Waals surface area contributed by atoms with Crippen molar-refractivity contribution in [1.82, 2.24) is 0 Å². The van der Waals surface area contributed by atoms with Gasteiger partial charge in [-0.05, 0) is 36.3 Å². The summed E-state index contributed by atoms with van der Waals surface area (Å²) in [5.74, 6) is 0.656. The monoisotopic (exact) mass is 188 g/mol. The van der Waals surface area contributed by atoms with E-state index >= 15 is 0 Å². The quantitative estimate of drug-likeness (QED) is 0.604. The molecule has 1 unspecified atom stereocenters. The van der Waals surface area contributed by atoms with Gasteiger partial charge in [0.15, 0.2) is 0 Å². The van der Waals surface area contributed by atoms with Crippen molar-refractivity contribution >= 4 is 0 Å². The van der Waals surface area contributed by atoms with Crippen LogP contribution in [0.1, 0.15) is 43.7 Å². The van der Waals surface area contributed by atoms with Gasteiger partial charge in [-0.15, -0.1) is 6.58 Å². The summed E-state index contributed by atoms with van der Waals surface area (Å²) in [6, 6.07) is 8.76. The fraction of sp³-hybridized carbons (Fsp3) is 0.429. The van der Waals surface area contributed by atoms with Crippen LogP contribution in [0.4, 0.5) is 0 Å². The third-order valence-electron chi connectivity index (χ3n) is 2.82. The first-order valence-corrected chi connectivity index (χ1v) is 5.52. The summed E-state index contributed by atoms with van der Waals surface area (Å²) in [5, 5.41) is 0. The van der Waals surface area contributed by atoms with Crippen molar-refractivity contribution in [3.05, 3.63) is 48.0 Å². The molecule has 14 heavy (non-hydrogen) atoms. The first-order valence-electron chi connectivity index (χ1n) is 5.52. The van der Waals surface area contributed by atoms with Crippen LogP contribution in [0.15, 0.2) is 36.9 Å². The lowest BCUT2D eigenvalue weighted by Gasteiger charge is -2.16. The van der Waals surface area contributed by atoms with Crippen molar-refractivity contribution in [2.75, 3.05) is 0 Å². The van der Waals surface area contributed by atoms with E-state index in [4.69, 9.17) is 0 Å².